The van der Waals surface area contributed by atoms with E-state index in [9.17, 15) is 22.8 Å². The first-order chi connectivity index (χ1) is 21.5. The molecule has 0 fully saturated rings. The number of nitrogens with one attached hydrogen (secondary N) is 3. The van der Waals surface area contributed by atoms with Crippen molar-refractivity contribution >= 4 is 51.0 Å². The quantitative estimate of drug-likeness (QED) is 0.167. The molecule has 2 aromatic heterocycles. The number of amides is 3. The third-order valence-corrected chi connectivity index (χ3v) is 7.88. The van der Waals surface area contributed by atoms with Gasteiger partial charge in [-0.2, -0.15) is 13.2 Å². The molecule has 9 nitrogen and oxygen atoms in total. The van der Waals surface area contributed by atoms with Gasteiger partial charge < -0.3 is 21.7 Å². The standard InChI is InChI=1S/C33H30F3N7O2/c1-18-39-29(30-31(37)38-17-28(43(18)30)20-10-12-22(13-11-20)40-19(2)44)26-14-15-27(25-9-4-3-8-24(25)26)42-32(45)41-23-7-5-6-21(16-23)33(34,35)36/h3-10,14-17,22H,11-13H2,1-2H3,(H2,37,38)(H,40,44)(H2,41,42,45). The Balaban J connectivity index is 1.35. The number of hydrogen-bond acceptors (Lipinski definition) is 5. The molecule has 5 aromatic rings. The summed E-state index contributed by atoms with van der Waals surface area (Å²) >= 11 is 0. The van der Waals surface area contributed by atoms with Crippen LogP contribution < -0.4 is 21.7 Å². The number of alkyl halides is 3. The molecule has 3 aromatic carbocycles. The highest BCUT2D eigenvalue weighted by atomic mass is 19.4. The molecule has 0 bridgehead atoms. The van der Waals surface area contributed by atoms with E-state index in [1.807, 2.05) is 41.7 Å². The van der Waals surface area contributed by atoms with E-state index in [-0.39, 0.29) is 17.6 Å². The van der Waals surface area contributed by atoms with E-state index in [1.165, 1.54) is 19.1 Å². The van der Waals surface area contributed by atoms with E-state index in [4.69, 9.17) is 10.7 Å². The lowest BCUT2D eigenvalue weighted by Gasteiger charge is -2.23. The maximum Gasteiger partial charge on any atom is 0.416 e. The molecule has 12 heteroatoms. The largest absolute Gasteiger partial charge is 0.416 e. The number of carbonyl (C=O) groups excluding carboxylic acids is 2. The van der Waals surface area contributed by atoms with Crippen LogP contribution in [0.4, 0.5) is 35.2 Å². The van der Waals surface area contributed by atoms with Crippen LogP contribution in [0, 0.1) is 6.92 Å². The van der Waals surface area contributed by atoms with Gasteiger partial charge in [-0.05, 0) is 61.4 Å². The molecule has 230 valence electrons. The maximum atomic E-state index is 13.1. The number of nitrogens with zero attached hydrogens (tertiary/aromatic N) is 3. The van der Waals surface area contributed by atoms with Crippen molar-refractivity contribution in [1.29, 1.82) is 0 Å². The van der Waals surface area contributed by atoms with Gasteiger partial charge in [0.2, 0.25) is 5.91 Å². The number of aromatic nitrogens is 3. The van der Waals surface area contributed by atoms with Gasteiger partial charge in [-0.25, -0.2) is 14.8 Å². The van der Waals surface area contributed by atoms with E-state index in [0.717, 1.165) is 53.0 Å². The van der Waals surface area contributed by atoms with Gasteiger partial charge in [0.25, 0.3) is 0 Å². The first kappa shape index (κ1) is 29.7. The number of nitrogens with two attached hydrogens (primary N) is 1. The summed E-state index contributed by atoms with van der Waals surface area (Å²) in [7, 11) is 0. The Bertz CT molecular complexity index is 2000. The summed E-state index contributed by atoms with van der Waals surface area (Å²) in [6.07, 6.45) is 1.61. The smallest absolute Gasteiger partial charge is 0.382 e. The molecule has 1 unspecified atom stereocenters. The highest BCUT2D eigenvalue weighted by Crippen LogP contribution is 2.38. The molecule has 6 rings (SSSR count). The van der Waals surface area contributed by atoms with E-state index in [0.29, 0.717) is 34.5 Å². The van der Waals surface area contributed by atoms with E-state index < -0.39 is 17.8 Å². The predicted molar refractivity (Wildman–Crippen MR) is 169 cm³/mol. The van der Waals surface area contributed by atoms with Crippen molar-refractivity contribution in [3.63, 3.8) is 0 Å². The highest BCUT2D eigenvalue weighted by molar-refractivity contribution is 6.11. The molecule has 5 N–H and O–H groups in total. The van der Waals surface area contributed by atoms with Gasteiger partial charge in [0.05, 0.1) is 23.1 Å². The van der Waals surface area contributed by atoms with Crippen LogP contribution in [0.15, 0.2) is 72.9 Å². The van der Waals surface area contributed by atoms with Crippen molar-refractivity contribution in [3.8, 4) is 11.3 Å². The second-order valence-corrected chi connectivity index (χ2v) is 11.0. The minimum absolute atomic E-state index is 0.0145. The van der Waals surface area contributed by atoms with E-state index in [2.05, 4.69) is 27.0 Å². The highest BCUT2D eigenvalue weighted by Gasteiger charge is 2.30. The zero-order chi connectivity index (χ0) is 31.9. The summed E-state index contributed by atoms with van der Waals surface area (Å²) in [5.41, 5.74) is 10.1. The third-order valence-electron chi connectivity index (χ3n) is 7.88. The van der Waals surface area contributed by atoms with Crippen molar-refractivity contribution in [1.82, 2.24) is 19.7 Å². The molecule has 0 aliphatic heterocycles. The van der Waals surface area contributed by atoms with Gasteiger partial charge in [-0.1, -0.05) is 42.5 Å². The van der Waals surface area contributed by atoms with E-state index in [1.54, 1.807) is 12.3 Å². The van der Waals surface area contributed by atoms with Crippen LogP contribution in [0.3, 0.4) is 0 Å². The lowest BCUT2D eigenvalue weighted by Crippen LogP contribution is -2.33. The van der Waals surface area contributed by atoms with Crippen LogP contribution >= 0.6 is 0 Å². The molecule has 3 amide bonds. The monoisotopic (exact) mass is 613 g/mol. The van der Waals surface area contributed by atoms with Gasteiger partial charge in [0.1, 0.15) is 22.9 Å². The number of allylic oxidation sites excluding steroid dienone is 1. The fraction of sp³-hybridized carbons (Fsp3) is 0.212. The van der Waals surface area contributed by atoms with Gasteiger partial charge in [0.15, 0.2) is 0 Å². The van der Waals surface area contributed by atoms with Gasteiger partial charge in [-0.3, -0.25) is 9.20 Å². The number of fused-ring (bicyclic) bond motifs is 2. The number of halogens is 3. The Labute approximate surface area is 256 Å². The van der Waals surface area contributed by atoms with Gasteiger partial charge >= 0.3 is 12.2 Å². The summed E-state index contributed by atoms with van der Waals surface area (Å²) in [5, 5.41) is 9.72. The van der Waals surface area contributed by atoms with Crippen LogP contribution in [0.2, 0.25) is 0 Å². The van der Waals surface area contributed by atoms with Crippen molar-refractivity contribution in [2.75, 3.05) is 16.4 Å². The summed E-state index contributed by atoms with van der Waals surface area (Å²) in [6, 6.07) is 14.8. The van der Waals surface area contributed by atoms with Gasteiger partial charge in [-0.15, -0.1) is 0 Å². The fourth-order valence-corrected chi connectivity index (χ4v) is 5.88. The molecule has 0 saturated carbocycles. The Morgan fingerprint density at radius 3 is 2.51 bits per heavy atom. The van der Waals surface area contributed by atoms with Crippen molar-refractivity contribution in [3.05, 3.63) is 90.0 Å². The molecule has 0 saturated heterocycles. The second kappa shape index (κ2) is 11.6. The first-order valence-corrected chi connectivity index (χ1v) is 14.4. The van der Waals surface area contributed by atoms with Crippen molar-refractivity contribution in [2.24, 2.45) is 0 Å². The molecule has 0 radical (unpaired) electrons. The zero-order valence-corrected chi connectivity index (χ0v) is 24.5. The Morgan fingerprint density at radius 1 is 1.02 bits per heavy atom. The van der Waals surface area contributed by atoms with E-state index >= 15 is 0 Å². The lowest BCUT2D eigenvalue weighted by atomic mass is 9.93. The van der Waals surface area contributed by atoms with Gasteiger partial charge in [0, 0.05) is 29.6 Å². The average molecular weight is 614 g/mol. The number of carbonyl (C=O) groups is 2. The molecule has 1 aliphatic rings. The summed E-state index contributed by atoms with van der Waals surface area (Å²) in [6.45, 7) is 3.42. The third kappa shape index (κ3) is 5.91. The summed E-state index contributed by atoms with van der Waals surface area (Å²) in [5.74, 6) is 0.989. The lowest BCUT2D eigenvalue weighted by molar-refractivity contribution is -0.137. The van der Waals surface area contributed by atoms with Crippen LogP contribution in [0.1, 0.15) is 43.3 Å². The summed E-state index contributed by atoms with van der Waals surface area (Å²) < 4.78 is 41.4. The number of benzene rings is 3. The first-order valence-electron chi connectivity index (χ1n) is 14.4. The average Bonchev–Trinajstić information content (AvgIpc) is 3.35. The Hall–Kier alpha value is -5.39. The molecule has 1 atom stereocenters. The molecule has 45 heavy (non-hydrogen) atoms. The SMILES string of the molecule is CC(=O)NC1CC=C(c2cnc(N)c3c(-c4ccc(NC(=O)Nc5cccc(C(F)(F)F)c5)c5ccccc45)nc(C)n23)CC1. The molecule has 0 spiro atoms. The van der Waals surface area contributed by atoms with Crippen LogP contribution in [0.25, 0.3) is 33.1 Å². The number of imidazole rings is 1. The molecular weight excluding hydrogens is 583 g/mol. The number of aryl methyl sites for hydroxylation is 1. The minimum atomic E-state index is -4.53. The predicted octanol–water partition coefficient (Wildman–Crippen LogP) is 7.17. The maximum absolute atomic E-state index is 13.1. The normalized spacial score (nSPS) is 15.1. The number of anilines is 3. The number of nitrogen functional groups attached to an aromatic ring is 1. The zero-order valence-electron chi connectivity index (χ0n) is 24.5. The number of urea groups is 1. The summed E-state index contributed by atoms with van der Waals surface area (Å²) in [4.78, 5) is 33.8. The second-order valence-electron chi connectivity index (χ2n) is 11.0. The fourth-order valence-electron chi connectivity index (χ4n) is 5.88. The Kier molecular flexibility index (Phi) is 7.65. The van der Waals surface area contributed by atoms with Crippen LogP contribution in [0.5, 0.6) is 0 Å². The molecule has 1 aliphatic carbocycles. The Morgan fingerprint density at radius 2 is 1.80 bits per heavy atom. The number of hydrogen-bond donors (Lipinski definition) is 4. The molecular formula is C33H30F3N7O2. The van der Waals surface area contributed by atoms with Crippen molar-refractivity contribution in [2.45, 2.75) is 45.3 Å². The number of rotatable bonds is 5. The van der Waals surface area contributed by atoms with Crippen LogP contribution in [-0.2, 0) is 11.0 Å². The topological polar surface area (TPSA) is 126 Å². The molecule has 2 heterocycles. The van der Waals surface area contributed by atoms with Crippen LogP contribution in [-0.4, -0.2) is 32.3 Å². The van der Waals surface area contributed by atoms with Crippen molar-refractivity contribution < 1.29 is 22.8 Å². The minimum Gasteiger partial charge on any atom is -0.382 e.